The summed E-state index contributed by atoms with van der Waals surface area (Å²) in [5.41, 5.74) is 1.72. The largest absolute Gasteiger partial charge is 0.457 e. The first-order valence-electron chi connectivity index (χ1n) is 9.08. The predicted molar refractivity (Wildman–Crippen MR) is 104 cm³/mol. The molecule has 0 aromatic heterocycles. The average molecular weight is 359 g/mol. The van der Waals surface area contributed by atoms with E-state index in [0.717, 1.165) is 11.3 Å². The molecule has 4 rings (SSSR count). The summed E-state index contributed by atoms with van der Waals surface area (Å²) in [4.78, 5) is 14.8. The van der Waals surface area contributed by atoms with Crippen molar-refractivity contribution >= 4 is 5.91 Å². The van der Waals surface area contributed by atoms with Crippen LogP contribution in [0.4, 0.5) is 0 Å². The normalized spacial score (nSPS) is 16.7. The zero-order valence-electron chi connectivity index (χ0n) is 15.0. The van der Waals surface area contributed by atoms with Crippen molar-refractivity contribution in [2.24, 2.45) is 0 Å². The molecule has 0 radical (unpaired) electrons. The van der Waals surface area contributed by atoms with Gasteiger partial charge in [-0.1, -0.05) is 54.6 Å². The fraction of sp³-hybridized carbons (Fsp3) is 0.174. The van der Waals surface area contributed by atoms with Crippen LogP contribution >= 0.6 is 0 Å². The third-order valence-corrected chi connectivity index (χ3v) is 4.58. The van der Waals surface area contributed by atoms with Gasteiger partial charge in [-0.2, -0.15) is 0 Å². The van der Waals surface area contributed by atoms with Gasteiger partial charge in [0.1, 0.15) is 17.6 Å². The number of para-hydroxylation sites is 1. The van der Waals surface area contributed by atoms with E-state index in [2.05, 4.69) is 0 Å². The fourth-order valence-electron chi connectivity index (χ4n) is 3.20. The first kappa shape index (κ1) is 17.3. The number of ether oxygens (including phenoxy) is 2. The second-order valence-electron chi connectivity index (χ2n) is 6.46. The van der Waals surface area contributed by atoms with Gasteiger partial charge < -0.3 is 14.4 Å². The molecule has 4 heteroatoms. The van der Waals surface area contributed by atoms with E-state index in [-0.39, 0.29) is 12.0 Å². The Bertz CT molecular complexity index is 896. The maximum atomic E-state index is 13.0. The molecule has 136 valence electrons. The Labute approximate surface area is 159 Å². The van der Waals surface area contributed by atoms with Crippen molar-refractivity contribution in [1.29, 1.82) is 0 Å². The van der Waals surface area contributed by atoms with E-state index in [4.69, 9.17) is 9.47 Å². The molecule has 1 aliphatic heterocycles. The van der Waals surface area contributed by atoms with Gasteiger partial charge in [0.25, 0.3) is 5.91 Å². The molecule has 27 heavy (non-hydrogen) atoms. The first-order chi connectivity index (χ1) is 13.3. The number of morpholine rings is 1. The van der Waals surface area contributed by atoms with Crippen LogP contribution in [0.5, 0.6) is 11.5 Å². The molecule has 1 atom stereocenters. The predicted octanol–water partition coefficient (Wildman–Crippen LogP) is 4.69. The number of amides is 1. The third kappa shape index (κ3) is 4.18. The van der Waals surface area contributed by atoms with Crippen molar-refractivity contribution < 1.29 is 14.3 Å². The highest BCUT2D eigenvalue weighted by Crippen LogP contribution is 2.25. The van der Waals surface area contributed by atoms with Crippen molar-refractivity contribution in [1.82, 2.24) is 4.90 Å². The van der Waals surface area contributed by atoms with Crippen LogP contribution in [-0.4, -0.2) is 30.5 Å². The van der Waals surface area contributed by atoms with E-state index < -0.39 is 0 Å². The summed E-state index contributed by atoms with van der Waals surface area (Å²) in [6, 6.07) is 26.9. The molecule has 0 N–H and O–H groups in total. The van der Waals surface area contributed by atoms with Crippen LogP contribution in [0.2, 0.25) is 0 Å². The number of hydrogen-bond acceptors (Lipinski definition) is 3. The maximum Gasteiger partial charge on any atom is 0.254 e. The number of rotatable bonds is 4. The molecule has 3 aromatic rings. The van der Waals surface area contributed by atoms with E-state index in [0.29, 0.717) is 31.0 Å². The molecule has 0 unspecified atom stereocenters. The fourth-order valence-corrected chi connectivity index (χ4v) is 3.20. The molecule has 1 fully saturated rings. The molecule has 1 aliphatic rings. The molecule has 0 bridgehead atoms. The van der Waals surface area contributed by atoms with Gasteiger partial charge in [-0.25, -0.2) is 0 Å². The Kier molecular flexibility index (Phi) is 5.17. The van der Waals surface area contributed by atoms with Gasteiger partial charge >= 0.3 is 0 Å². The smallest absolute Gasteiger partial charge is 0.254 e. The molecule has 0 saturated carbocycles. The Morgan fingerprint density at radius 1 is 0.889 bits per heavy atom. The second kappa shape index (κ2) is 8.06. The number of carbonyl (C=O) groups is 1. The maximum absolute atomic E-state index is 13.0. The van der Waals surface area contributed by atoms with Crippen molar-refractivity contribution in [3.63, 3.8) is 0 Å². The van der Waals surface area contributed by atoms with Crippen LogP contribution < -0.4 is 4.74 Å². The Morgan fingerprint density at radius 3 is 2.37 bits per heavy atom. The zero-order valence-corrected chi connectivity index (χ0v) is 15.0. The van der Waals surface area contributed by atoms with Gasteiger partial charge in [-0.15, -0.1) is 0 Å². The Balaban J connectivity index is 1.48. The highest BCUT2D eigenvalue weighted by atomic mass is 16.5. The van der Waals surface area contributed by atoms with E-state index in [1.54, 1.807) is 6.07 Å². The molecule has 3 aromatic carbocycles. The molecule has 0 aliphatic carbocycles. The Morgan fingerprint density at radius 2 is 1.59 bits per heavy atom. The van der Waals surface area contributed by atoms with Crippen LogP contribution in [0.25, 0.3) is 0 Å². The summed E-state index contributed by atoms with van der Waals surface area (Å²) in [5.74, 6) is 1.40. The highest BCUT2D eigenvalue weighted by molar-refractivity contribution is 5.94. The van der Waals surface area contributed by atoms with Gasteiger partial charge in [0.05, 0.1) is 13.2 Å². The van der Waals surface area contributed by atoms with Gasteiger partial charge in [-0.3, -0.25) is 4.79 Å². The summed E-state index contributed by atoms with van der Waals surface area (Å²) < 4.78 is 11.7. The standard InChI is InChI=1S/C23H21NO3/c25-23(24-14-15-26-22(17-24)18-8-3-1-4-9-18)19-10-7-13-21(16-19)27-20-11-5-2-6-12-20/h1-13,16,22H,14-15,17H2/t22-/m1/s1. The minimum Gasteiger partial charge on any atom is -0.457 e. The third-order valence-electron chi connectivity index (χ3n) is 4.58. The number of nitrogens with zero attached hydrogens (tertiary/aromatic N) is 1. The Hall–Kier alpha value is -3.11. The highest BCUT2D eigenvalue weighted by Gasteiger charge is 2.26. The van der Waals surface area contributed by atoms with Crippen molar-refractivity contribution in [2.75, 3.05) is 19.7 Å². The number of hydrogen-bond donors (Lipinski definition) is 0. The lowest BCUT2D eigenvalue weighted by molar-refractivity contribution is -0.0228. The van der Waals surface area contributed by atoms with E-state index in [1.165, 1.54) is 0 Å². The van der Waals surface area contributed by atoms with Crippen LogP contribution in [0, 0.1) is 0 Å². The lowest BCUT2D eigenvalue weighted by Crippen LogP contribution is -2.42. The first-order valence-corrected chi connectivity index (χ1v) is 9.08. The number of benzene rings is 3. The van der Waals surface area contributed by atoms with Gasteiger partial charge in [0.2, 0.25) is 0 Å². The zero-order chi connectivity index (χ0) is 18.5. The lowest BCUT2D eigenvalue weighted by atomic mass is 10.1. The van der Waals surface area contributed by atoms with Crippen LogP contribution in [0.1, 0.15) is 22.0 Å². The summed E-state index contributed by atoms with van der Waals surface area (Å²) in [5, 5.41) is 0. The molecule has 1 heterocycles. The molecule has 1 saturated heterocycles. The summed E-state index contributed by atoms with van der Waals surface area (Å²) >= 11 is 0. The monoisotopic (exact) mass is 359 g/mol. The second-order valence-corrected chi connectivity index (χ2v) is 6.46. The van der Waals surface area contributed by atoms with Crippen LogP contribution in [0.15, 0.2) is 84.9 Å². The molecule has 1 amide bonds. The SMILES string of the molecule is O=C(c1cccc(Oc2ccccc2)c1)N1CCO[C@@H](c2ccccc2)C1. The van der Waals surface area contributed by atoms with Crippen LogP contribution in [0.3, 0.4) is 0 Å². The summed E-state index contributed by atoms with van der Waals surface area (Å²) in [6.07, 6.45) is -0.0901. The minimum absolute atomic E-state index is 0.00209. The van der Waals surface area contributed by atoms with Crippen molar-refractivity contribution in [3.05, 3.63) is 96.1 Å². The lowest BCUT2D eigenvalue weighted by Gasteiger charge is -2.33. The van der Waals surface area contributed by atoms with E-state index in [9.17, 15) is 4.79 Å². The van der Waals surface area contributed by atoms with Gasteiger partial charge in [0, 0.05) is 12.1 Å². The molecule has 4 nitrogen and oxygen atoms in total. The van der Waals surface area contributed by atoms with Crippen molar-refractivity contribution in [2.45, 2.75) is 6.10 Å². The summed E-state index contributed by atoms with van der Waals surface area (Å²) in [7, 11) is 0. The van der Waals surface area contributed by atoms with E-state index in [1.807, 2.05) is 83.8 Å². The molecule has 0 spiro atoms. The average Bonchev–Trinajstić information content (AvgIpc) is 2.75. The molecular formula is C23H21NO3. The summed E-state index contributed by atoms with van der Waals surface area (Å²) in [6.45, 7) is 1.67. The van der Waals surface area contributed by atoms with E-state index >= 15 is 0 Å². The minimum atomic E-state index is -0.0901. The topological polar surface area (TPSA) is 38.8 Å². The number of carbonyl (C=O) groups excluding carboxylic acids is 1. The van der Waals surface area contributed by atoms with Gasteiger partial charge in [0.15, 0.2) is 0 Å². The quantitative estimate of drug-likeness (QED) is 0.678. The molecular weight excluding hydrogens is 338 g/mol. The van der Waals surface area contributed by atoms with Crippen molar-refractivity contribution in [3.8, 4) is 11.5 Å². The van der Waals surface area contributed by atoms with Gasteiger partial charge in [-0.05, 0) is 35.9 Å². The van der Waals surface area contributed by atoms with Crippen LogP contribution in [-0.2, 0) is 4.74 Å².